The lowest BCUT2D eigenvalue weighted by atomic mass is 10.0. The monoisotopic (exact) mass is 346 g/mol. The van der Waals surface area contributed by atoms with Crippen molar-refractivity contribution >= 4 is 6.29 Å². The predicted octanol–water partition coefficient (Wildman–Crippen LogP) is 4.71. The van der Waals surface area contributed by atoms with E-state index in [1.165, 1.54) is 24.3 Å². The summed E-state index contributed by atoms with van der Waals surface area (Å²) in [7, 11) is 0. The first-order valence-electron chi connectivity index (χ1n) is 6.65. The Morgan fingerprint density at radius 1 is 0.958 bits per heavy atom. The topological polar surface area (TPSA) is 35.5 Å². The van der Waals surface area contributed by atoms with Crippen LogP contribution in [0.4, 0.5) is 22.0 Å². The zero-order valence-corrected chi connectivity index (χ0v) is 12.0. The van der Waals surface area contributed by atoms with E-state index in [2.05, 4.69) is 4.74 Å². The van der Waals surface area contributed by atoms with Crippen LogP contribution in [0.3, 0.4) is 0 Å². The lowest BCUT2D eigenvalue weighted by Gasteiger charge is -2.15. The van der Waals surface area contributed by atoms with Crippen LogP contribution in [0.5, 0.6) is 11.5 Å². The van der Waals surface area contributed by atoms with Crippen molar-refractivity contribution in [2.24, 2.45) is 0 Å². The lowest BCUT2D eigenvalue weighted by Crippen LogP contribution is -2.18. The molecule has 24 heavy (non-hydrogen) atoms. The summed E-state index contributed by atoms with van der Waals surface area (Å²) in [5.74, 6) is -1.17. The molecular formula is C16H11F5O3. The second-order valence-corrected chi connectivity index (χ2v) is 4.65. The maximum Gasteiger partial charge on any atom is 0.573 e. The molecule has 0 N–H and O–H groups in total. The normalized spacial score (nSPS) is 11.4. The standard InChI is InChI=1S/C16H11F5O3/c17-15(18)9-23-14-7-12(5-6-13(14)24-16(19,20)21)11-3-1-10(8-22)2-4-11/h1-8,15H,9H2. The Labute approximate surface area is 133 Å². The molecule has 0 heterocycles. The number of rotatable bonds is 6. The molecule has 0 unspecified atom stereocenters. The van der Waals surface area contributed by atoms with Gasteiger partial charge in [-0.2, -0.15) is 0 Å². The van der Waals surface area contributed by atoms with Gasteiger partial charge in [0.05, 0.1) is 0 Å². The van der Waals surface area contributed by atoms with Gasteiger partial charge >= 0.3 is 6.36 Å². The molecule has 2 aromatic carbocycles. The van der Waals surface area contributed by atoms with Gasteiger partial charge in [0.2, 0.25) is 0 Å². The maximum absolute atomic E-state index is 12.4. The van der Waals surface area contributed by atoms with Gasteiger partial charge in [-0.05, 0) is 23.3 Å². The third-order valence-electron chi connectivity index (χ3n) is 2.91. The number of benzene rings is 2. The number of alkyl halides is 5. The van der Waals surface area contributed by atoms with Gasteiger partial charge < -0.3 is 9.47 Å². The SMILES string of the molecule is O=Cc1ccc(-c2ccc(OC(F)(F)F)c(OCC(F)F)c2)cc1. The first-order chi connectivity index (χ1) is 11.3. The van der Waals surface area contributed by atoms with Crippen molar-refractivity contribution in [3.63, 3.8) is 0 Å². The minimum atomic E-state index is -4.98. The molecule has 0 fully saturated rings. The van der Waals surface area contributed by atoms with E-state index in [4.69, 9.17) is 4.74 Å². The number of hydrogen-bond acceptors (Lipinski definition) is 3. The summed E-state index contributed by atoms with van der Waals surface area (Å²) in [5, 5.41) is 0. The first-order valence-corrected chi connectivity index (χ1v) is 6.65. The van der Waals surface area contributed by atoms with Crippen molar-refractivity contribution in [1.29, 1.82) is 0 Å². The van der Waals surface area contributed by atoms with Gasteiger partial charge in [0.15, 0.2) is 11.5 Å². The molecule has 3 nitrogen and oxygen atoms in total. The fraction of sp³-hybridized carbons (Fsp3) is 0.188. The van der Waals surface area contributed by atoms with Crippen LogP contribution >= 0.6 is 0 Å². The van der Waals surface area contributed by atoms with Crippen LogP contribution < -0.4 is 9.47 Å². The molecule has 0 spiro atoms. The molecule has 0 atom stereocenters. The molecule has 0 amide bonds. The fourth-order valence-corrected chi connectivity index (χ4v) is 1.92. The Bertz CT molecular complexity index is 696. The molecule has 0 aliphatic heterocycles. The number of ether oxygens (including phenoxy) is 2. The van der Waals surface area contributed by atoms with Gasteiger partial charge in [0.1, 0.15) is 12.9 Å². The van der Waals surface area contributed by atoms with E-state index < -0.39 is 30.9 Å². The molecule has 2 aromatic rings. The highest BCUT2D eigenvalue weighted by Crippen LogP contribution is 2.36. The van der Waals surface area contributed by atoms with Crippen molar-refractivity contribution in [2.45, 2.75) is 12.8 Å². The summed E-state index contributed by atoms with van der Waals surface area (Å²) >= 11 is 0. The highest BCUT2D eigenvalue weighted by Gasteiger charge is 2.32. The maximum atomic E-state index is 12.4. The van der Waals surface area contributed by atoms with Crippen molar-refractivity contribution in [3.8, 4) is 22.6 Å². The minimum Gasteiger partial charge on any atom is -0.484 e. The summed E-state index contributed by atoms with van der Waals surface area (Å²) in [4.78, 5) is 10.6. The van der Waals surface area contributed by atoms with E-state index in [9.17, 15) is 26.7 Å². The Morgan fingerprint density at radius 2 is 1.58 bits per heavy atom. The number of aldehydes is 1. The Morgan fingerprint density at radius 3 is 2.12 bits per heavy atom. The molecular weight excluding hydrogens is 335 g/mol. The summed E-state index contributed by atoms with van der Waals surface area (Å²) in [6, 6.07) is 9.65. The highest BCUT2D eigenvalue weighted by atomic mass is 19.4. The van der Waals surface area contributed by atoms with Crippen LogP contribution in [-0.4, -0.2) is 25.7 Å². The van der Waals surface area contributed by atoms with Crippen molar-refractivity contribution < 1.29 is 36.2 Å². The third-order valence-corrected chi connectivity index (χ3v) is 2.91. The number of carbonyl (C=O) groups excluding carboxylic acids is 1. The summed E-state index contributed by atoms with van der Waals surface area (Å²) in [5.41, 5.74) is 1.41. The molecule has 128 valence electrons. The molecule has 0 aromatic heterocycles. The second kappa shape index (κ2) is 7.29. The van der Waals surface area contributed by atoms with E-state index in [0.717, 1.165) is 6.07 Å². The average Bonchev–Trinajstić information content (AvgIpc) is 2.52. The van der Waals surface area contributed by atoms with Gasteiger partial charge in [0.25, 0.3) is 6.43 Å². The van der Waals surface area contributed by atoms with Crippen LogP contribution in [0.25, 0.3) is 11.1 Å². The largest absolute Gasteiger partial charge is 0.573 e. The molecule has 0 saturated carbocycles. The summed E-state index contributed by atoms with van der Waals surface area (Å²) in [6.07, 6.45) is -7.18. The summed E-state index contributed by atoms with van der Waals surface area (Å²) < 4.78 is 70.2. The zero-order chi connectivity index (χ0) is 17.7. The minimum absolute atomic E-state index is 0.421. The molecule has 2 rings (SSSR count). The number of hydrogen-bond donors (Lipinski definition) is 0. The van der Waals surface area contributed by atoms with Gasteiger partial charge in [0, 0.05) is 5.56 Å². The Hall–Kier alpha value is -2.64. The fourth-order valence-electron chi connectivity index (χ4n) is 1.92. The van der Waals surface area contributed by atoms with Crippen LogP contribution in [0.15, 0.2) is 42.5 Å². The smallest absolute Gasteiger partial charge is 0.484 e. The first kappa shape index (κ1) is 17.7. The molecule has 0 aliphatic rings. The lowest BCUT2D eigenvalue weighted by molar-refractivity contribution is -0.275. The quantitative estimate of drug-likeness (QED) is 0.561. The summed E-state index contributed by atoms with van der Waals surface area (Å²) in [6.45, 7) is -1.07. The van der Waals surface area contributed by atoms with E-state index in [1.807, 2.05) is 0 Å². The number of carbonyl (C=O) groups is 1. The van der Waals surface area contributed by atoms with E-state index in [0.29, 0.717) is 23.0 Å². The molecule has 8 heteroatoms. The molecule has 0 bridgehead atoms. The van der Waals surface area contributed by atoms with Crippen LogP contribution in [-0.2, 0) is 0 Å². The van der Waals surface area contributed by atoms with Gasteiger partial charge in [-0.15, -0.1) is 13.2 Å². The van der Waals surface area contributed by atoms with E-state index >= 15 is 0 Å². The van der Waals surface area contributed by atoms with Crippen LogP contribution in [0.2, 0.25) is 0 Å². The van der Waals surface area contributed by atoms with E-state index in [-0.39, 0.29) is 0 Å². The van der Waals surface area contributed by atoms with Gasteiger partial charge in [-0.25, -0.2) is 8.78 Å². The number of halogens is 5. The van der Waals surface area contributed by atoms with Crippen molar-refractivity contribution in [3.05, 3.63) is 48.0 Å². The van der Waals surface area contributed by atoms with Crippen molar-refractivity contribution in [1.82, 2.24) is 0 Å². The van der Waals surface area contributed by atoms with Gasteiger partial charge in [-0.1, -0.05) is 30.3 Å². The highest BCUT2D eigenvalue weighted by molar-refractivity contribution is 5.77. The average molecular weight is 346 g/mol. The molecule has 0 aliphatic carbocycles. The Kier molecular flexibility index (Phi) is 5.38. The van der Waals surface area contributed by atoms with Crippen molar-refractivity contribution in [2.75, 3.05) is 6.61 Å². The van der Waals surface area contributed by atoms with Crippen LogP contribution in [0.1, 0.15) is 10.4 Å². The second-order valence-electron chi connectivity index (χ2n) is 4.65. The molecule has 0 radical (unpaired) electrons. The third kappa shape index (κ3) is 4.94. The Balaban J connectivity index is 2.35. The zero-order valence-electron chi connectivity index (χ0n) is 12.0. The molecule has 0 saturated heterocycles. The predicted molar refractivity (Wildman–Crippen MR) is 75.4 cm³/mol. The van der Waals surface area contributed by atoms with Crippen LogP contribution in [0, 0.1) is 0 Å². The van der Waals surface area contributed by atoms with Gasteiger partial charge in [-0.3, -0.25) is 4.79 Å². The van der Waals surface area contributed by atoms with E-state index in [1.54, 1.807) is 12.1 Å².